The number of hydrogen-bond donors (Lipinski definition) is 1. The number of nitrogens with one attached hydrogen (secondary N) is 1. The van der Waals surface area contributed by atoms with Crippen LogP contribution in [0.5, 0.6) is 0 Å². The SMILES string of the molecule is C#CCNC1(C(=O)OCC)CCN(CC)CC1. The van der Waals surface area contributed by atoms with E-state index in [-0.39, 0.29) is 5.97 Å². The van der Waals surface area contributed by atoms with E-state index in [1.807, 2.05) is 6.92 Å². The second kappa shape index (κ2) is 6.63. The normalized spacial score (nSPS) is 19.6. The summed E-state index contributed by atoms with van der Waals surface area (Å²) in [7, 11) is 0. The summed E-state index contributed by atoms with van der Waals surface area (Å²) in [5.41, 5.74) is -0.575. The van der Waals surface area contributed by atoms with Crippen LogP contribution in [-0.2, 0) is 9.53 Å². The first-order valence-electron chi connectivity index (χ1n) is 6.26. The summed E-state index contributed by atoms with van der Waals surface area (Å²) in [5.74, 6) is 2.37. The van der Waals surface area contributed by atoms with Crippen LogP contribution in [0.4, 0.5) is 0 Å². The Labute approximate surface area is 104 Å². The van der Waals surface area contributed by atoms with Crippen LogP contribution in [0.25, 0.3) is 0 Å². The number of piperidine rings is 1. The van der Waals surface area contributed by atoms with E-state index in [0.717, 1.165) is 32.5 Å². The van der Waals surface area contributed by atoms with Crippen molar-refractivity contribution in [2.45, 2.75) is 32.2 Å². The molecular formula is C13H22N2O2. The van der Waals surface area contributed by atoms with Crippen LogP contribution in [0, 0.1) is 12.3 Å². The Morgan fingerprint density at radius 2 is 2.12 bits per heavy atom. The van der Waals surface area contributed by atoms with E-state index in [1.165, 1.54) is 0 Å². The van der Waals surface area contributed by atoms with E-state index in [2.05, 4.69) is 23.1 Å². The zero-order chi connectivity index (χ0) is 12.7. The van der Waals surface area contributed by atoms with Crippen LogP contribution in [-0.4, -0.2) is 49.2 Å². The Hall–Kier alpha value is -1.05. The van der Waals surface area contributed by atoms with Gasteiger partial charge in [-0.1, -0.05) is 12.8 Å². The van der Waals surface area contributed by atoms with Gasteiger partial charge in [0.25, 0.3) is 0 Å². The van der Waals surface area contributed by atoms with E-state index in [9.17, 15) is 4.79 Å². The number of rotatable bonds is 5. The van der Waals surface area contributed by atoms with Gasteiger partial charge in [0.05, 0.1) is 13.2 Å². The molecule has 0 bridgehead atoms. The van der Waals surface area contributed by atoms with E-state index >= 15 is 0 Å². The second-order valence-electron chi connectivity index (χ2n) is 4.29. The maximum atomic E-state index is 12.0. The highest BCUT2D eigenvalue weighted by atomic mass is 16.5. The third-order valence-electron chi connectivity index (χ3n) is 3.35. The van der Waals surface area contributed by atoms with Gasteiger partial charge >= 0.3 is 5.97 Å². The highest BCUT2D eigenvalue weighted by molar-refractivity contribution is 5.81. The lowest BCUT2D eigenvalue weighted by Crippen LogP contribution is -2.59. The van der Waals surface area contributed by atoms with Crippen molar-refractivity contribution in [2.24, 2.45) is 0 Å². The molecule has 96 valence electrons. The first-order valence-corrected chi connectivity index (χ1v) is 6.26. The number of carbonyl (C=O) groups is 1. The van der Waals surface area contributed by atoms with Crippen molar-refractivity contribution in [3.05, 3.63) is 0 Å². The minimum Gasteiger partial charge on any atom is -0.465 e. The Kier molecular flexibility index (Phi) is 5.46. The van der Waals surface area contributed by atoms with Gasteiger partial charge < -0.3 is 9.64 Å². The zero-order valence-corrected chi connectivity index (χ0v) is 10.8. The first-order chi connectivity index (χ1) is 8.18. The Morgan fingerprint density at radius 3 is 2.59 bits per heavy atom. The molecule has 1 fully saturated rings. The van der Waals surface area contributed by atoms with Crippen molar-refractivity contribution in [2.75, 3.05) is 32.8 Å². The third-order valence-corrected chi connectivity index (χ3v) is 3.35. The van der Waals surface area contributed by atoms with E-state index < -0.39 is 5.54 Å². The lowest BCUT2D eigenvalue weighted by Gasteiger charge is -2.39. The van der Waals surface area contributed by atoms with Gasteiger partial charge in [0.15, 0.2) is 0 Å². The molecule has 0 atom stereocenters. The molecule has 0 aromatic rings. The Bertz CT molecular complexity index is 288. The predicted molar refractivity (Wildman–Crippen MR) is 67.5 cm³/mol. The molecule has 0 aliphatic carbocycles. The number of hydrogen-bond acceptors (Lipinski definition) is 4. The van der Waals surface area contributed by atoms with Gasteiger partial charge in [-0.15, -0.1) is 6.42 Å². The topological polar surface area (TPSA) is 41.6 Å². The predicted octanol–water partition coefficient (Wildman–Crippen LogP) is 0.627. The largest absolute Gasteiger partial charge is 0.465 e. The van der Waals surface area contributed by atoms with Gasteiger partial charge in [0.2, 0.25) is 0 Å². The fraction of sp³-hybridized carbons (Fsp3) is 0.769. The van der Waals surface area contributed by atoms with E-state index in [0.29, 0.717) is 13.2 Å². The number of esters is 1. The summed E-state index contributed by atoms with van der Waals surface area (Å²) in [5, 5.41) is 3.18. The summed E-state index contributed by atoms with van der Waals surface area (Å²) in [4.78, 5) is 14.4. The van der Waals surface area contributed by atoms with Crippen molar-refractivity contribution in [1.82, 2.24) is 10.2 Å². The number of nitrogens with zero attached hydrogens (tertiary/aromatic N) is 1. The summed E-state index contributed by atoms with van der Waals surface area (Å²) in [6.45, 7) is 7.62. The van der Waals surface area contributed by atoms with Crippen molar-refractivity contribution >= 4 is 5.97 Å². The molecule has 0 radical (unpaired) electrons. The van der Waals surface area contributed by atoms with Crippen LogP contribution in [0.2, 0.25) is 0 Å². The van der Waals surface area contributed by atoms with Crippen LogP contribution >= 0.6 is 0 Å². The Balaban J connectivity index is 2.67. The average molecular weight is 238 g/mol. The van der Waals surface area contributed by atoms with Crippen molar-refractivity contribution in [3.8, 4) is 12.3 Å². The molecule has 1 heterocycles. The molecule has 1 saturated heterocycles. The average Bonchev–Trinajstić information content (AvgIpc) is 2.37. The highest BCUT2D eigenvalue weighted by Crippen LogP contribution is 2.23. The van der Waals surface area contributed by atoms with Gasteiger partial charge in [-0.05, 0) is 26.3 Å². The summed E-state index contributed by atoms with van der Waals surface area (Å²) >= 11 is 0. The van der Waals surface area contributed by atoms with Crippen LogP contribution in [0.1, 0.15) is 26.7 Å². The molecule has 4 heteroatoms. The second-order valence-corrected chi connectivity index (χ2v) is 4.29. The fourth-order valence-electron chi connectivity index (χ4n) is 2.19. The van der Waals surface area contributed by atoms with Crippen LogP contribution < -0.4 is 5.32 Å². The fourth-order valence-corrected chi connectivity index (χ4v) is 2.19. The number of carbonyl (C=O) groups excluding carboxylic acids is 1. The highest BCUT2D eigenvalue weighted by Gasteiger charge is 2.41. The minimum atomic E-state index is -0.575. The standard InChI is InChI=1S/C13H22N2O2/c1-4-9-14-13(12(16)17-6-3)7-10-15(5-2)11-8-13/h1,14H,5-11H2,2-3H3. The Morgan fingerprint density at radius 1 is 1.47 bits per heavy atom. The summed E-state index contributed by atoms with van der Waals surface area (Å²) in [6, 6.07) is 0. The lowest BCUT2D eigenvalue weighted by atomic mass is 9.87. The van der Waals surface area contributed by atoms with Crippen molar-refractivity contribution in [3.63, 3.8) is 0 Å². The lowest BCUT2D eigenvalue weighted by molar-refractivity contribution is -0.153. The van der Waals surface area contributed by atoms with Crippen molar-refractivity contribution in [1.29, 1.82) is 0 Å². The molecule has 4 nitrogen and oxygen atoms in total. The third kappa shape index (κ3) is 3.45. The molecule has 17 heavy (non-hydrogen) atoms. The molecule has 1 aliphatic heterocycles. The maximum Gasteiger partial charge on any atom is 0.326 e. The first kappa shape index (κ1) is 14.0. The molecule has 1 rings (SSSR count). The number of ether oxygens (including phenoxy) is 1. The molecule has 0 spiro atoms. The minimum absolute atomic E-state index is 0.161. The van der Waals surface area contributed by atoms with Gasteiger partial charge in [-0.3, -0.25) is 10.1 Å². The monoisotopic (exact) mass is 238 g/mol. The maximum absolute atomic E-state index is 12.0. The summed E-state index contributed by atoms with van der Waals surface area (Å²) < 4.78 is 5.16. The van der Waals surface area contributed by atoms with Gasteiger partial charge in [-0.25, -0.2) is 0 Å². The quantitative estimate of drug-likeness (QED) is 0.563. The molecular weight excluding hydrogens is 216 g/mol. The molecule has 0 saturated carbocycles. The van der Waals surface area contributed by atoms with Crippen LogP contribution in [0.15, 0.2) is 0 Å². The molecule has 1 N–H and O–H groups in total. The van der Waals surface area contributed by atoms with Gasteiger partial charge in [0.1, 0.15) is 5.54 Å². The van der Waals surface area contributed by atoms with Gasteiger partial charge in [-0.2, -0.15) is 0 Å². The van der Waals surface area contributed by atoms with Crippen LogP contribution in [0.3, 0.4) is 0 Å². The summed E-state index contributed by atoms with van der Waals surface area (Å²) in [6.07, 6.45) is 6.79. The molecule has 0 amide bonds. The molecule has 0 aromatic carbocycles. The van der Waals surface area contributed by atoms with Crippen molar-refractivity contribution < 1.29 is 9.53 Å². The zero-order valence-electron chi connectivity index (χ0n) is 10.8. The number of likely N-dealkylation sites (tertiary alicyclic amines) is 1. The number of terminal acetylenes is 1. The molecule has 0 aromatic heterocycles. The smallest absolute Gasteiger partial charge is 0.326 e. The molecule has 0 unspecified atom stereocenters. The van der Waals surface area contributed by atoms with E-state index in [4.69, 9.17) is 11.2 Å². The van der Waals surface area contributed by atoms with E-state index in [1.54, 1.807) is 0 Å². The van der Waals surface area contributed by atoms with Gasteiger partial charge in [0, 0.05) is 13.1 Å². The molecule has 1 aliphatic rings.